The Morgan fingerprint density at radius 1 is 1.47 bits per heavy atom. The average molecular weight is 259 g/mol. The van der Waals surface area contributed by atoms with Crippen molar-refractivity contribution in [3.05, 3.63) is 0 Å². The number of hydrogen-bond acceptors (Lipinski definition) is 4. The van der Waals surface area contributed by atoms with Crippen LogP contribution >= 0.6 is 11.8 Å². The lowest BCUT2D eigenvalue weighted by Gasteiger charge is -2.31. The fourth-order valence-corrected chi connectivity index (χ4v) is 3.69. The second-order valence-corrected chi connectivity index (χ2v) is 6.98. The summed E-state index contributed by atoms with van der Waals surface area (Å²) in [6.45, 7) is 5.68. The predicted octanol–water partition coefficient (Wildman–Crippen LogP) is 1.57. The molecule has 2 aliphatic rings. The van der Waals surface area contributed by atoms with Gasteiger partial charge in [0.2, 0.25) is 0 Å². The molecule has 96 valence electrons. The number of carboxylic acid groups (broad SMARTS) is 1. The van der Waals surface area contributed by atoms with E-state index in [1.54, 1.807) is 25.7 Å². The molecule has 2 heterocycles. The number of carbonyl (C=O) groups excluding carboxylic acids is 1. The van der Waals surface area contributed by atoms with E-state index in [2.05, 4.69) is 0 Å². The molecule has 0 aromatic carbocycles. The predicted molar refractivity (Wildman–Crippen MR) is 64.2 cm³/mol. The van der Waals surface area contributed by atoms with E-state index in [1.807, 2.05) is 0 Å². The summed E-state index contributed by atoms with van der Waals surface area (Å²) in [5.41, 5.74) is -0.539. The third-order valence-corrected chi connectivity index (χ3v) is 4.58. The maximum Gasteiger partial charge on any atom is 0.410 e. The number of amides is 1. The third-order valence-electron chi connectivity index (χ3n) is 3.00. The molecule has 17 heavy (non-hydrogen) atoms. The fourth-order valence-electron chi connectivity index (χ4n) is 2.22. The summed E-state index contributed by atoms with van der Waals surface area (Å²) in [5, 5.41) is 9.22. The van der Waals surface area contributed by atoms with E-state index < -0.39 is 22.4 Å². The van der Waals surface area contributed by atoms with Gasteiger partial charge in [-0.3, -0.25) is 4.79 Å². The van der Waals surface area contributed by atoms with Gasteiger partial charge in [-0.05, 0) is 27.2 Å². The highest BCUT2D eigenvalue weighted by Gasteiger charge is 2.57. The Balaban J connectivity index is 2.07. The molecule has 1 N–H and O–H groups in total. The number of aliphatic carboxylic acids is 1. The van der Waals surface area contributed by atoms with Gasteiger partial charge in [0.1, 0.15) is 10.3 Å². The second kappa shape index (κ2) is 3.80. The Morgan fingerprint density at radius 3 is 2.59 bits per heavy atom. The van der Waals surface area contributed by atoms with E-state index in [0.717, 1.165) is 0 Å². The molecule has 2 fully saturated rings. The normalized spacial score (nSPS) is 31.7. The number of ether oxygens (including phenoxy) is 1. The summed E-state index contributed by atoms with van der Waals surface area (Å²) in [5.74, 6) is -0.137. The maximum absolute atomic E-state index is 11.9. The Kier molecular flexibility index (Phi) is 2.80. The first-order valence-corrected chi connectivity index (χ1v) is 6.59. The number of carbonyl (C=O) groups is 2. The lowest BCUT2D eigenvalue weighted by molar-refractivity contribution is -0.139. The molecule has 2 atom stereocenters. The van der Waals surface area contributed by atoms with E-state index >= 15 is 0 Å². The van der Waals surface area contributed by atoms with Gasteiger partial charge in [-0.2, -0.15) is 0 Å². The van der Waals surface area contributed by atoms with Crippen LogP contribution in [0.2, 0.25) is 0 Å². The number of thioether (sulfide) groups is 1. The van der Waals surface area contributed by atoms with Gasteiger partial charge in [0.25, 0.3) is 0 Å². The molecule has 0 unspecified atom stereocenters. The van der Waals surface area contributed by atoms with Gasteiger partial charge in [0.15, 0.2) is 0 Å². The quantitative estimate of drug-likeness (QED) is 0.774. The van der Waals surface area contributed by atoms with E-state index in [1.165, 1.54) is 11.8 Å². The van der Waals surface area contributed by atoms with Gasteiger partial charge in [-0.15, -0.1) is 11.8 Å². The van der Waals surface area contributed by atoms with Gasteiger partial charge < -0.3 is 14.7 Å². The maximum atomic E-state index is 11.9. The molecule has 0 spiro atoms. The first kappa shape index (κ1) is 12.5. The van der Waals surface area contributed by atoms with Crippen LogP contribution in [0, 0.1) is 0 Å². The fraction of sp³-hybridized carbons (Fsp3) is 0.818. The molecule has 5 nitrogen and oxygen atoms in total. The molecule has 0 radical (unpaired) electrons. The van der Waals surface area contributed by atoms with E-state index in [-0.39, 0.29) is 12.6 Å². The van der Waals surface area contributed by atoms with Crippen molar-refractivity contribution in [1.82, 2.24) is 4.90 Å². The molecule has 2 rings (SSSR count). The highest BCUT2D eigenvalue weighted by atomic mass is 32.2. The van der Waals surface area contributed by atoms with E-state index in [0.29, 0.717) is 12.2 Å². The first-order valence-electron chi connectivity index (χ1n) is 5.60. The van der Waals surface area contributed by atoms with Crippen molar-refractivity contribution in [2.24, 2.45) is 0 Å². The van der Waals surface area contributed by atoms with Crippen LogP contribution < -0.4 is 0 Å². The molecular formula is C11H17NO4S. The van der Waals surface area contributed by atoms with Gasteiger partial charge >= 0.3 is 12.1 Å². The van der Waals surface area contributed by atoms with Crippen LogP contribution in [0.5, 0.6) is 0 Å². The molecule has 1 amide bonds. The lowest BCUT2D eigenvalue weighted by atomic mass is 10.1. The topological polar surface area (TPSA) is 66.8 Å². The zero-order chi connectivity index (χ0) is 12.8. The highest BCUT2D eigenvalue weighted by Crippen LogP contribution is 2.47. The van der Waals surface area contributed by atoms with Gasteiger partial charge in [-0.25, -0.2) is 4.79 Å². The zero-order valence-electron chi connectivity index (χ0n) is 10.2. The molecule has 0 saturated carbocycles. The number of rotatable bonds is 1. The minimum absolute atomic E-state index is 0.00551. The third kappa shape index (κ3) is 2.22. The van der Waals surface area contributed by atoms with Crippen molar-refractivity contribution in [3.8, 4) is 0 Å². The smallest absolute Gasteiger partial charge is 0.410 e. The van der Waals surface area contributed by atoms with Crippen molar-refractivity contribution < 1.29 is 19.4 Å². The number of hydrogen-bond donors (Lipinski definition) is 1. The van der Waals surface area contributed by atoms with Gasteiger partial charge in [-0.1, -0.05) is 0 Å². The summed E-state index contributed by atoms with van der Waals surface area (Å²) < 4.78 is 4.48. The van der Waals surface area contributed by atoms with Crippen molar-refractivity contribution in [2.75, 3.05) is 12.3 Å². The Bertz CT molecular complexity index is 365. The molecule has 0 aromatic rings. The number of nitrogens with zero attached hydrogens (tertiary/aromatic N) is 1. The summed E-state index contributed by atoms with van der Waals surface area (Å²) in [4.78, 5) is 24.7. The number of carboxylic acids is 1. The summed E-state index contributed by atoms with van der Waals surface area (Å²) in [6, 6.07) is 0.00551. The standard InChI is InChI=1S/C11H17NO4S/c1-10(2,3)16-9(15)12-6-11(8(13)14)4-7(12)5-17-11/h7H,4-6H2,1-3H3,(H,13,14)/t7-,11-/m0/s1. The van der Waals surface area contributed by atoms with Crippen molar-refractivity contribution >= 4 is 23.8 Å². The van der Waals surface area contributed by atoms with Crippen LogP contribution in [0.4, 0.5) is 4.79 Å². The van der Waals surface area contributed by atoms with Crippen LogP contribution in [0.1, 0.15) is 27.2 Å². The minimum atomic E-state index is -0.823. The Hall–Kier alpha value is -0.910. The van der Waals surface area contributed by atoms with Gasteiger partial charge in [0.05, 0.1) is 0 Å². The van der Waals surface area contributed by atoms with Crippen LogP contribution in [0.3, 0.4) is 0 Å². The largest absolute Gasteiger partial charge is 0.480 e. The average Bonchev–Trinajstić information content (AvgIpc) is 2.72. The van der Waals surface area contributed by atoms with E-state index in [4.69, 9.17) is 4.74 Å². The summed E-state index contributed by atoms with van der Waals surface area (Å²) >= 11 is 1.44. The first-order chi connectivity index (χ1) is 7.73. The summed E-state index contributed by atoms with van der Waals surface area (Å²) in [7, 11) is 0. The molecular weight excluding hydrogens is 242 g/mol. The SMILES string of the molecule is CC(C)(C)OC(=O)N1C[C@]2(C(=O)O)C[C@H]1CS2. The van der Waals surface area contributed by atoms with Crippen molar-refractivity contribution in [2.45, 2.75) is 43.6 Å². The highest BCUT2D eigenvalue weighted by molar-refractivity contribution is 8.01. The van der Waals surface area contributed by atoms with Crippen molar-refractivity contribution in [3.63, 3.8) is 0 Å². The Labute approximate surface area is 104 Å². The molecule has 0 aliphatic carbocycles. The van der Waals surface area contributed by atoms with Crippen LogP contribution in [0.15, 0.2) is 0 Å². The van der Waals surface area contributed by atoms with Crippen LogP contribution in [0.25, 0.3) is 0 Å². The van der Waals surface area contributed by atoms with Crippen LogP contribution in [-0.2, 0) is 9.53 Å². The Morgan fingerprint density at radius 2 is 2.12 bits per heavy atom. The molecule has 6 heteroatoms. The molecule has 0 aromatic heterocycles. The second-order valence-electron chi connectivity index (χ2n) is 5.58. The number of fused-ring (bicyclic) bond motifs is 2. The number of likely N-dealkylation sites (tertiary alicyclic amines) is 1. The lowest BCUT2D eigenvalue weighted by Crippen LogP contribution is -2.46. The van der Waals surface area contributed by atoms with Crippen LogP contribution in [-0.4, -0.2) is 50.8 Å². The minimum Gasteiger partial charge on any atom is -0.480 e. The van der Waals surface area contributed by atoms with Gasteiger partial charge in [0, 0.05) is 18.3 Å². The summed E-state index contributed by atoms with van der Waals surface area (Å²) in [6.07, 6.45) is 0.137. The van der Waals surface area contributed by atoms with Crippen molar-refractivity contribution in [1.29, 1.82) is 0 Å². The van der Waals surface area contributed by atoms with E-state index in [9.17, 15) is 14.7 Å². The molecule has 2 aliphatic heterocycles. The molecule has 2 saturated heterocycles. The molecule has 2 bridgehead atoms. The zero-order valence-corrected chi connectivity index (χ0v) is 11.0. The monoisotopic (exact) mass is 259 g/mol.